The molecular weight excluding hydrogens is 228 g/mol. The number of imidazole rings is 1. The second-order valence-electron chi connectivity index (χ2n) is 4.20. The van der Waals surface area contributed by atoms with Crippen molar-refractivity contribution in [3.63, 3.8) is 0 Å². The lowest BCUT2D eigenvalue weighted by molar-refractivity contribution is 0.950. The minimum atomic E-state index is 0.709. The van der Waals surface area contributed by atoms with Crippen LogP contribution in [0.3, 0.4) is 0 Å². The summed E-state index contributed by atoms with van der Waals surface area (Å²) in [7, 11) is 0. The Labute approximate surface area is 101 Å². The molecule has 0 saturated carbocycles. The fourth-order valence-corrected chi connectivity index (χ4v) is 2.18. The average Bonchev–Trinajstić information content (AvgIpc) is 3.06. The molecule has 4 aromatic rings. The number of hydrogen-bond donors (Lipinski definition) is 3. The van der Waals surface area contributed by atoms with Gasteiger partial charge < -0.3 is 9.97 Å². The Morgan fingerprint density at radius 2 is 2.22 bits per heavy atom. The molecule has 6 nitrogen and oxygen atoms in total. The molecule has 88 valence electrons. The predicted molar refractivity (Wildman–Crippen MR) is 67.1 cm³/mol. The Bertz CT molecular complexity index is 808. The molecule has 6 heteroatoms. The summed E-state index contributed by atoms with van der Waals surface area (Å²) in [5.41, 5.74) is 3.82. The van der Waals surface area contributed by atoms with Gasteiger partial charge in [-0.2, -0.15) is 5.10 Å². The molecule has 0 bridgehead atoms. The van der Waals surface area contributed by atoms with E-state index in [1.54, 1.807) is 12.4 Å². The summed E-state index contributed by atoms with van der Waals surface area (Å²) in [6, 6.07) is 3.94. The van der Waals surface area contributed by atoms with Crippen LogP contribution in [0.25, 0.3) is 22.1 Å². The number of pyridine rings is 1. The molecule has 0 atom stereocenters. The van der Waals surface area contributed by atoms with Gasteiger partial charge in [-0.3, -0.25) is 5.10 Å². The van der Waals surface area contributed by atoms with E-state index in [0.29, 0.717) is 6.42 Å². The fourth-order valence-electron chi connectivity index (χ4n) is 2.18. The molecule has 18 heavy (non-hydrogen) atoms. The summed E-state index contributed by atoms with van der Waals surface area (Å²) in [5.74, 6) is 0.907. The zero-order valence-corrected chi connectivity index (χ0v) is 9.44. The van der Waals surface area contributed by atoms with Crippen molar-refractivity contribution in [3.05, 3.63) is 42.2 Å². The molecule has 0 aliphatic rings. The minimum Gasteiger partial charge on any atom is -0.346 e. The molecule has 0 amide bonds. The van der Waals surface area contributed by atoms with Crippen molar-refractivity contribution in [1.82, 2.24) is 30.1 Å². The number of aromatic amines is 3. The maximum absolute atomic E-state index is 4.54. The highest BCUT2D eigenvalue weighted by Gasteiger charge is 2.08. The molecule has 0 unspecified atom stereocenters. The van der Waals surface area contributed by atoms with Gasteiger partial charge in [0, 0.05) is 29.9 Å². The molecular formula is C12H10N6. The standard InChI is InChI=1S/C12H10N6/c1-4-15-18-7(1)5-10-16-9-6-14-12-8(2-3-13-12)11(9)17-10/h1-4,6H,5H2,(H,13,14)(H,15,18)(H,16,17). The van der Waals surface area contributed by atoms with E-state index in [1.165, 1.54) is 0 Å². The van der Waals surface area contributed by atoms with Gasteiger partial charge in [-0.15, -0.1) is 0 Å². The van der Waals surface area contributed by atoms with Crippen molar-refractivity contribution in [1.29, 1.82) is 0 Å². The number of nitrogens with one attached hydrogen (secondary N) is 3. The highest BCUT2D eigenvalue weighted by atomic mass is 15.1. The van der Waals surface area contributed by atoms with Gasteiger partial charge in [0.25, 0.3) is 0 Å². The van der Waals surface area contributed by atoms with Gasteiger partial charge in [0.1, 0.15) is 17.0 Å². The Morgan fingerprint density at radius 3 is 3.11 bits per heavy atom. The van der Waals surface area contributed by atoms with Crippen LogP contribution < -0.4 is 0 Å². The van der Waals surface area contributed by atoms with Gasteiger partial charge in [-0.25, -0.2) is 9.97 Å². The van der Waals surface area contributed by atoms with Crippen molar-refractivity contribution in [3.8, 4) is 0 Å². The van der Waals surface area contributed by atoms with Crippen LogP contribution in [0, 0.1) is 0 Å². The monoisotopic (exact) mass is 238 g/mol. The highest BCUT2D eigenvalue weighted by Crippen LogP contribution is 2.21. The summed E-state index contributed by atoms with van der Waals surface area (Å²) in [6.45, 7) is 0. The van der Waals surface area contributed by atoms with Crippen LogP contribution in [0.4, 0.5) is 0 Å². The number of H-pyrrole nitrogens is 3. The highest BCUT2D eigenvalue weighted by molar-refractivity contribution is 6.00. The van der Waals surface area contributed by atoms with E-state index in [0.717, 1.165) is 33.6 Å². The molecule has 3 N–H and O–H groups in total. The summed E-state index contributed by atoms with van der Waals surface area (Å²) in [4.78, 5) is 15.3. The fraction of sp³-hybridized carbons (Fsp3) is 0.0833. The number of nitrogens with zero attached hydrogens (tertiary/aromatic N) is 3. The summed E-state index contributed by atoms with van der Waals surface area (Å²) >= 11 is 0. The summed E-state index contributed by atoms with van der Waals surface area (Å²) in [5, 5.41) is 7.93. The first-order valence-corrected chi connectivity index (χ1v) is 5.69. The first kappa shape index (κ1) is 9.41. The lowest BCUT2D eigenvalue weighted by Crippen LogP contribution is -1.90. The zero-order valence-electron chi connectivity index (χ0n) is 9.44. The summed E-state index contributed by atoms with van der Waals surface area (Å²) in [6.07, 6.45) is 6.11. The van der Waals surface area contributed by atoms with E-state index in [2.05, 4.69) is 30.1 Å². The molecule has 0 spiro atoms. The molecule has 0 radical (unpaired) electrons. The number of aromatic nitrogens is 6. The predicted octanol–water partition coefficient (Wildman–Crippen LogP) is 1.75. The molecule has 0 aromatic carbocycles. The van der Waals surface area contributed by atoms with Gasteiger partial charge in [-0.05, 0) is 12.1 Å². The van der Waals surface area contributed by atoms with Crippen molar-refractivity contribution in [2.24, 2.45) is 0 Å². The van der Waals surface area contributed by atoms with Gasteiger partial charge in [-0.1, -0.05) is 0 Å². The molecule has 4 heterocycles. The largest absolute Gasteiger partial charge is 0.346 e. The second-order valence-corrected chi connectivity index (χ2v) is 4.20. The van der Waals surface area contributed by atoms with E-state index in [-0.39, 0.29) is 0 Å². The van der Waals surface area contributed by atoms with Gasteiger partial charge in [0.05, 0.1) is 11.7 Å². The zero-order chi connectivity index (χ0) is 11.9. The lowest BCUT2D eigenvalue weighted by atomic mass is 10.3. The van der Waals surface area contributed by atoms with Crippen LogP contribution >= 0.6 is 0 Å². The van der Waals surface area contributed by atoms with Crippen LogP contribution in [0.2, 0.25) is 0 Å². The van der Waals surface area contributed by atoms with Crippen LogP contribution in [-0.2, 0) is 6.42 Å². The molecule has 4 rings (SSSR count). The van der Waals surface area contributed by atoms with E-state index < -0.39 is 0 Å². The third kappa shape index (κ3) is 1.32. The SMILES string of the molecule is c1cc(Cc2nc3cnc4[nH]ccc4c3[nH]2)[nH]n1. The first-order valence-electron chi connectivity index (χ1n) is 5.69. The van der Waals surface area contributed by atoms with Crippen LogP contribution in [0.1, 0.15) is 11.5 Å². The number of rotatable bonds is 2. The third-order valence-corrected chi connectivity index (χ3v) is 3.01. The maximum Gasteiger partial charge on any atom is 0.139 e. The summed E-state index contributed by atoms with van der Waals surface area (Å²) < 4.78 is 0. The van der Waals surface area contributed by atoms with Crippen molar-refractivity contribution in [2.75, 3.05) is 0 Å². The quantitative estimate of drug-likeness (QED) is 0.497. The van der Waals surface area contributed by atoms with E-state index >= 15 is 0 Å². The van der Waals surface area contributed by atoms with Gasteiger partial charge in [0.2, 0.25) is 0 Å². The molecule has 0 saturated heterocycles. The molecule has 0 fully saturated rings. The van der Waals surface area contributed by atoms with Crippen molar-refractivity contribution >= 4 is 22.1 Å². The Hall–Kier alpha value is -2.63. The Balaban J connectivity index is 1.87. The topological polar surface area (TPSA) is 86.0 Å². The molecule has 0 aliphatic heterocycles. The number of hydrogen-bond acceptors (Lipinski definition) is 3. The molecule has 4 aromatic heterocycles. The van der Waals surface area contributed by atoms with Crippen molar-refractivity contribution in [2.45, 2.75) is 6.42 Å². The minimum absolute atomic E-state index is 0.709. The maximum atomic E-state index is 4.54. The van der Waals surface area contributed by atoms with E-state index in [9.17, 15) is 0 Å². The lowest BCUT2D eigenvalue weighted by Gasteiger charge is -1.91. The van der Waals surface area contributed by atoms with Crippen LogP contribution in [-0.4, -0.2) is 30.1 Å². The molecule has 0 aliphatic carbocycles. The average molecular weight is 238 g/mol. The van der Waals surface area contributed by atoms with Crippen LogP contribution in [0.5, 0.6) is 0 Å². The second kappa shape index (κ2) is 3.43. The van der Waals surface area contributed by atoms with E-state index in [1.807, 2.05) is 18.3 Å². The van der Waals surface area contributed by atoms with Crippen LogP contribution in [0.15, 0.2) is 30.7 Å². The van der Waals surface area contributed by atoms with Gasteiger partial charge in [0.15, 0.2) is 0 Å². The van der Waals surface area contributed by atoms with E-state index in [4.69, 9.17) is 0 Å². The number of fused-ring (bicyclic) bond motifs is 3. The normalized spacial score (nSPS) is 11.6. The third-order valence-electron chi connectivity index (χ3n) is 3.01. The Morgan fingerprint density at radius 1 is 1.22 bits per heavy atom. The Kier molecular flexibility index (Phi) is 1.79. The van der Waals surface area contributed by atoms with Crippen molar-refractivity contribution < 1.29 is 0 Å². The first-order chi connectivity index (χ1) is 8.90. The van der Waals surface area contributed by atoms with Gasteiger partial charge >= 0.3 is 0 Å². The smallest absolute Gasteiger partial charge is 0.139 e.